The van der Waals surface area contributed by atoms with Gasteiger partial charge in [-0.15, -0.1) is 0 Å². The predicted molar refractivity (Wildman–Crippen MR) is 123 cm³/mol. The van der Waals surface area contributed by atoms with Crippen molar-refractivity contribution < 1.29 is 22.7 Å². The standard InChI is InChI=1S/C4H13N8O5P3S7/c5-22-18(13,23-6)16-2-1-3(17-19(14,24-7)25-8)12-4(11-2)21-20(15,26-9)27-10/h1H,5-10H2. The first-order valence-electron chi connectivity index (χ1n) is 5.69. The summed E-state index contributed by atoms with van der Waals surface area (Å²) in [5, 5.41) is 31.8. The van der Waals surface area contributed by atoms with Crippen molar-refractivity contribution in [1.29, 1.82) is 0 Å². The van der Waals surface area contributed by atoms with Gasteiger partial charge >= 0.3 is 11.5 Å². The van der Waals surface area contributed by atoms with Gasteiger partial charge in [0.15, 0.2) is 0 Å². The number of hydrogen-bond acceptors (Lipinski definition) is 20. The molecule has 1 rings (SSSR count). The van der Waals surface area contributed by atoms with Crippen LogP contribution in [0.3, 0.4) is 0 Å². The van der Waals surface area contributed by atoms with E-state index in [0.717, 1.165) is 6.07 Å². The zero-order valence-corrected chi connectivity index (χ0v) is 21.1. The molecule has 12 N–H and O–H groups in total. The molecule has 0 bridgehead atoms. The van der Waals surface area contributed by atoms with Gasteiger partial charge in [0.05, 0.1) is 6.07 Å². The molecule has 23 heteroatoms. The summed E-state index contributed by atoms with van der Waals surface area (Å²) >= 11 is 3.16. The summed E-state index contributed by atoms with van der Waals surface area (Å²) in [5.74, 6) is -7.79. The molecule has 0 spiro atoms. The topological polar surface area (TPSA) is 252 Å². The number of hydrogen-bond donors (Lipinski definition) is 6. The van der Waals surface area contributed by atoms with E-state index in [1.807, 2.05) is 0 Å². The summed E-state index contributed by atoms with van der Waals surface area (Å²) in [6.45, 7) is 0. The minimum atomic E-state index is -3.60. The quantitative estimate of drug-likeness (QED) is 0.120. The summed E-state index contributed by atoms with van der Waals surface area (Å²) in [6.07, 6.45) is 0. The van der Waals surface area contributed by atoms with E-state index in [4.69, 9.17) is 39.9 Å². The lowest BCUT2D eigenvalue weighted by atomic mass is 10.6. The number of nitrogens with zero attached hydrogens (tertiary/aromatic N) is 2. The molecule has 0 aliphatic rings. The van der Waals surface area contributed by atoms with Crippen molar-refractivity contribution in [2.24, 2.45) is 30.8 Å². The van der Waals surface area contributed by atoms with Gasteiger partial charge in [-0.2, -0.15) is 9.97 Å². The highest BCUT2D eigenvalue weighted by molar-refractivity contribution is 9.14. The zero-order chi connectivity index (χ0) is 20.7. The molecule has 1 aromatic rings. The van der Waals surface area contributed by atoms with Gasteiger partial charge in [0.1, 0.15) is 0 Å². The highest BCUT2D eigenvalue weighted by Crippen LogP contribution is 2.76. The second-order valence-electron chi connectivity index (χ2n) is 3.57. The first-order valence-corrected chi connectivity index (χ1v) is 21.0. The zero-order valence-electron chi connectivity index (χ0n) is 12.7. The Bertz CT molecular complexity index is 652. The third kappa shape index (κ3) is 8.32. The molecule has 0 saturated carbocycles. The fourth-order valence-corrected chi connectivity index (χ4v) is 8.86. The molecule has 0 saturated heterocycles. The second-order valence-corrected chi connectivity index (χ2v) is 26.6. The molecule has 0 fully saturated rings. The monoisotopic (exact) mass is 570 g/mol. The Hall–Kier alpha value is 1.58. The lowest BCUT2D eigenvalue weighted by Crippen LogP contribution is -2.00. The first-order chi connectivity index (χ1) is 12.6. The molecule has 0 amide bonds. The van der Waals surface area contributed by atoms with Gasteiger partial charge in [0, 0.05) is 80.8 Å². The minimum Gasteiger partial charge on any atom is -0.409 e. The van der Waals surface area contributed by atoms with E-state index < -0.39 is 16.3 Å². The molecule has 27 heavy (non-hydrogen) atoms. The highest BCUT2D eigenvalue weighted by atomic mass is 33.4. The maximum absolute atomic E-state index is 12.4. The van der Waals surface area contributed by atoms with Crippen molar-refractivity contribution in [1.82, 2.24) is 9.97 Å². The van der Waals surface area contributed by atoms with E-state index >= 15 is 0 Å². The van der Waals surface area contributed by atoms with Crippen molar-refractivity contribution in [2.75, 3.05) is 0 Å². The predicted octanol–water partition coefficient (Wildman–Crippen LogP) is 3.29. The Labute approximate surface area is 182 Å². The lowest BCUT2D eigenvalue weighted by molar-refractivity contribution is 0.480. The van der Waals surface area contributed by atoms with Gasteiger partial charge < -0.3 is 9.05 Å². The second kappa shape index (κ2) is 11.8. The SMILES string of the molecule is NSP(=O)(Oc1cc(OP(=O)(SN)SN)nc(SP(=O)(SN)SN)n1)SN. The maximum atomic E-state index is 12.4. The van der Waals surface area contributed by atoms with Crippen molar-refractivity contribution >= 4 is 97.1 Å². The fourth-order valence-electron chi connectivity index (χ4n) is 1.05. The van der Waals surface area contributed by atoms with Gasteiger partial charge in [0.2, 0.25) is 16.9 Å². The summed E-state index contributed by atoms with van der Waals surface area (Å²) in [6, 6.07) is 1.07. The molecular weight excluding hydrogens is 557 g/mol. The maximum Gasteiger partial charge on any atom is 0.389 e. The third-order valence-corrected chi connectivity index (χ3v) is 19.2. The van der Waals surface area contributed by atoms with Gasteiger partial charge in [-0.25, -0.2) is 0 Å². The van der Waals surface area contributed by atoms with Crippen molar-refractivity contribution in [3.05, 3.63) is 6.07 Å². The summed E-state index contributed by atoms with van der Waals surface area (Å²) in [5.41, 5.74) is 0. The van der Waals surface area contributed by atoms with Crippen LogP contribution in [0.4, 0.5) is 0 Å². The molecule has 0 radical (unpaired) electrons. The largest absolute Gasteiger partial charge is 0.409 e. The molecule has 0 aromatic carbocycles. The molecule has 0 aliphatic heterocycles. The van der Waals surface area contributed by atoms with Crippen LogP contribution in [0.25, 0.3) is 0 Å². The Morgan fingerprint density at radius 1 is 0.704 bits per heavy atom. The lowest BCUT2D eigenvalue weighted by Gasteiger charge is -2.16. The van der Waals surface area contributed by atoms with Crippen LogP contribution in [0.1, 0.15) is 0 Å². The van der Waals surface area contributed by atoms with Gasteiger partial charge in [0.25, 0.3) is 4.75 Å². The Balaban J connectivity index is 3.36. The first kappa shape index (κ1) is 26.6. The average molecular weight is 571 g/mol. The van der Waals surface area contributed by atoms with E-state index in [0.29, 0.717) is 80.8 Å². The van der Waals surface area contributed by atoms with Crippen LogP contribution in [0.15, 0.2) is 11.2 Å². The van der Waals surface area contributed by atoms with Gasteiger partial charge in [-0.3, -0.25) is 44.5 Å². The molecule has 0 atom stereocenters. The summed E-state index contributed by atoms with van der Waals surface area (Å²) < 4.78 is 44.1. The van der Waals surface area contributed by atoms with Crippen molar-refractivity contribution in [3.8, 4) is 11.8 Å². The van der Waals surface area contributed by atoms with Crippen LogP contribution >= 0.6 is 97.1 Å². The number of aromatic nitrogens is 2. The van der Waals surface area contributed by atoms with Crippen LogP contribution in [0.5, 0.6) is 11.8 Å². The van der Waals surface area contributed by atoms with E-state index in [9.17, 15) is 13.7 Å². The molecule has 13 nitrogen and oxygen atoms in total. The van der Waals surface area contributed by atoms with Crippen molar-refractivity contribution in [2.45, 2.75) is 5.16 Å². The molecule has 0 aliphatic carbocycles. The molecular formula is C4H13N8O5P3S7. The smallest absolute Gasteiger partial charge is 0.389 e. The molecule has 156 valence electrons. The number of rotatable bonds is 12. The van der Waals surface area contributed by atoms with Crippen molar-refractivity contribution in [3.63, 3.8) is 0 Å². The Morgan fingerprint density at radius 2 is 1.07 bits per heavy atom. The van der Waals surface area contributed by atoms with Crippen LogP contribution in [-0.2, 0) is 13.7 Å². The normalized spacial score (nSPS) is 12.8. The fraction of sp³-hybridized carbons (Fsp3) is 0. The summed E-state index contributed by atoms with van der Waals surface area (Å²) in [7, 11) is 0. The molecule has 1 aromatic heterocycles. The van der Waals surface area contributed by atoms with Crippen LogP contribution < -0.4 is 39.9 Å². The average Bonchev–Trinajstić information content (AvgIpc) is 2.67. The number of nitrogens with two attached hydrogens (primary N) is 6. The van der Waals surface area contributed by atoms with E-state index in [1.165, 1.54) is 0 Å². The summed E-state index contributed by atoms with van der Waals surface area (Å²) in [4.78, 5) is 7.88. The van der Waals surface area contributed by atoms with E-state index in [2.05, 4.69) is 9.97 Å². The van der Waals surface area contributed by atoms with E-state index in [1.54, 1.807) is 0 Å². The van der Waals surface area contributed by atoms with Crippen LogP contribution in [-0.4, -0.2) is 9.97 Å². The Kier molecular flexibility index (Phi) is 11.7. The minimum absolute atomic E-state index is 0.173. The van der Waals surface area contributed by atoms with Gasteiger partial charge in [-0.1, -0.05) is 0 Å². The Morgan fingerprint density at radius 3 is 1.37 bits per heavy atom. The third-order valence-electron chi connectivity index (χ3n) is 2.04. The molecule has 0 unspecified atom stereocenters. The highest BCUT2D eigenvalue weighted by Gasteiger charge is 2.31. The molecule has 1 heterocycles. The van der Waals surface area contributed by atoms with Gasteiger partial charge in [-0.05, 0) is 0 Å². The van der Waals surface area contributed by atoms with Crippen LogP contribution in [0.2, 0.25) is 0 Å². The van der Waals surface area contributed by atoms with Crippen LogP contribution in [0, 0.1) is 0 Å². The van der Waals surface area contributed by atoms with E-state index in [-0.39, 0.29) is 16.9 Å².